The second-order valence-electron chi connectivity index (χ2n) is 7.70. The van der Waals surface area contributed by atoms with Gasteiger partial charge in [-0.3, -0.25) is 14.5 Å². The van der Waals surface area contributed by atoms with Crippen molar-refractivity contribution in [2.45, 2.75) is 20.1 Å². The van der Waals surface area contributed by atoms with Crippen molar-refractivity contribution in [2.24, 2.45) is 0 Å². The molecule has 3 aromatic rings. The maximum atomic E-state index is 12.9. The molecule has 0 radical (unpaired) electrons. The zero-order chi connectivity index (χ0) is 24.2. The standard InChI is InChI=1S/C26H21Br2NO4S/c1-16-3-5-17(6-4-16)14-29-25(30)23(34-26(29)31)13-19-11-21(28)24(22(12-19)32-2)33-15-18-7-9-20(27)10-8-18/h3-13H,14-15H2,1-2H3/b23-13-. The van der Waals surface area contributed by atoms with Crippen LogP contribution in [0.1, 0.15) is 22.3 Å². The number of nitrogens with zero attached hydrogens (tertiary/aromatic N) is 1. The smallest absolute Gasteiger partial charge is 0.293 e. The summed E-state index contributed by atoms with van der Waals surface area (Å²) in [5.41, 5.74) is 3.77. The lowest BCUT2D eigenvalue weighted by Crippen LogP contribution is -2.27. The summed E-state index contributed by atoms with van der Waals surface area (Å²) < 4.78 is 13.2. The van der Waals surface area contributed by atoms with Crippen LogP contribution in [0.4, 0.5) is 4.79 Å². The summed E-state index contributed by atoms with van der Waals surface area (Å²) in [4.78, 5) is 27.1. The molecule has 174 valence electrons. The van der Waals surface area contributed by atoms with E-state index < -0.39 is 0 Å². The molecule has 2 amide bonds. The van der Waals surface area contributed by atoms with E-state index in [4.69, 9.17) is 9.47 Å². The molecule has 8 heteroatoms. The summed E-state index contributed by atoms with van der Waals surface area (Å²) in [6, 6.07) is 19.3. The monoisotopic (exact) mass is 601 g/mol. The Balaban J connectivity index is 1.52. The van der Waals surface area contributed by atoms with Crippen molar-refractivity contribution in [1.29, 1.82) is 0 Å². The highest BCUT2D eigenvalue weighted by atomic mass is 79.9. The Hall–Kier alpha value is -2.55. The van der Waals surface area contributed by atoms with Gasteiger partial charge in [0.2, 0.25) is 0 Å². The number of amides is 2. The second kappa shape index (κ2) is 10.8. The first-order chi connectivity index (χ1) is 16.3. The summed E-state index contributed by atoms with van der Waals surface area (Å²) in [5.74, 6) is 0.785. The fourth-order valence-electron chi connectivity index (χ4n) is 3.36. The number of thioether (sulfide) groups is 1. The average molecular weight is 603 g/mol. The number of ether oxygens (including phenoxy) is 2. The molecule has 1 fully saturated rings. The number of methoxy groups -OCH3 is 1. The van der Waals surface area contributed by atoms with Crippen LogP contribution in [0.2, 0.25) is 0 Å². The van der Waals surface area contributed by atoms with E-state index in [1.54, 1.807) is 19.3 Å². The predicted octanol–water partition coefficient (Wildman–Crippen LogP) is 7.34. The third kappa shape index (κ3) is 5.74. The van der Waals surface area contributed by atoms with Gasteiger partial charge in [0, 0.05) is 4.47 Å². The minimum atomic E-state index is -0.304. The van der Waals surface area contributed by atoms with Gasteiger partial charge in [-0.2, -0.15) is 0 Å². The van der Waals surface area contributed by atoms with Gasteiger partial charge < -0.3 is 9.47 Å². The molecule has 0 N–H and O–H groups in total. The highest BCUT2D eigenvalue weighted by Crippen LogP contribution is 2.39. The van der Waals surface area contributed by atoms with E-state index in [9.17, 15) is 9.59 Å². The number of carbonyl (C=O) groups is 2. The van der Waals surface area contributed by atoms with Gasteiger partial charge in [0.05, 0.1) is 23.0 Å². The number of imide groups is 1. The highest BCUT2D eigenvalue weighted by Gasteiger charge is 2.35. The molecular weight excluding hydrogens is 582 g/mol. The van der Waals surface area contributed by atoms with Gasteiger partial charge in [0.15, 0.2) is 11.5 Å². The third-order valence-corrected chi connectivity index (χ3v) is 7.21. The third-order valence-electron chi connectivity index (χ3n) is 5.18. The number of hydrogen-bond donors (Lipinski definition) is 0. The molecule has 1 aliphatic rings. The number of aryl methyl sites for hydroxylation is 1. The predicted molar refractivity (Wildman–Crippen MR) is 142 cm³/mol. The molecule has 0 aromatic heterocycles. The quantitative estimate of drug-likeness (QED) is 0.265. The van der Waals surface area contributed by atoms with E-state index in [1.807, 2.05) is 61.5 Å². The van der Waals surface area contributed by atoms with E-state index in [-0.39, 0.29) is 17.7 Å². The van der Waals surface area contributed by atoms with Gasteiger partial charge in [0.1, 0.15) is 6.61 Å². The summed E-state index contributed by atoms with van der Waals surface area (Å²) in [6.07, 6.45) is 1.70. The number of benzene rings is 3. The zero-order valence-corrected chi connectivity index (χ0v) is 22.5. The minimum Gasteiger partial charge on any atom is -0.493 e. The van der Waals surface area contributed by atoms with Crippen molar-refractivity contribution in [3.8, 4) is 11.5 Å². The number of hydrogen-bond acceptors (Lipinski definition) is 5. The fourth-order valence-corrected chi connectivity index (χ4v) is 5.04. The number of carbonyl (C=O) groups excluding carboxylic acids is 2. The van der Waals surface area contributed by atoms with E-state index >= 15 is 0 Å². The van der Waals surface area contributed by atoms with E-state index in [1.165, 1.54) is 4.90 Å². The Bertz CT molecular complexity index is 1260. The van der Waals surface area contributed by atoms with Gasteiger partial charge in [-0.15, -0.1) is 0 Å². The normalized spacial score (nSPS) is 14.7. The van der Waals surface area contributed by atoms with Gasteiger partial charge in [0.25, 0.3) is 11.1 Å². The molecule has 0 atom stereocenters. The van der Waals surface area contributed by atoms with Crippen molar-refractivity contribution in [1.82, 2.24) is 4.90 Å². The Morgan fingerprint density at radius 1 is 0.971 bits per heavy atom. The van der Waals surface area contributed by atoms with E-state index in [0.717, 1.165) is 38.5 Å². The van der Waals surface area contributed by atoms with Crippen LogP contribution in [0.5, 0.6) is 11.5 Å². The molecule has 5 nitrogen and oxygen atoms in total. The molecule has 34 heavy (non-hydrogen) atoms. The van der Waals surface area contributed by atoms with Crippen LogP contribution in [-0.2, 0) is 17.9 Å². The SMILES string of the molecule is COc1cc(/C=C2\SC(=O)N(Cc3ccc(C)cc3)C2=O)cc(Br)c1OCc1ccc(Br)cc1. The lowest BCUT2D eigenvalue weighted by atomic mass is 10.1. The van der Waals surface area contributed by atoms with Crippen LogP contribution in [0.3, 0.4) is 0 Å². The molecule has 0 aliphatic carbocycles. The van der Waals surface area contributed by atoms with Crippen LogP contribution >= 0.6 is 43.6 Å². The molecule has 0 bridgehead atoms. The average Bonchev–Trinajstić information content (AvgIpc) is 3.07. The lowest BCUT2D eigenvalue weighted by molar-refractivity contribution is -0.123. The van der Waals surface area contributed by atoms with Crippen molar-refractivity contribution in [2.75, 3.05) is 7.11 Å². The second-order valence-corrected chi connectivity index (χ2v) is 10.5. The highest BCUT2D eigenvalue weighted by molar-refractivity contribution is 9.10. The fraction of sp³-hybridized carbons (Fsp3) is 0.154. The van der Waals surface area contributed by atoms with Crippen molar-refractivity contribution in [3.05, 3.63) is 96.8 Å². The largest absolute Gasteiger partial charge is 0.493 e. The van der Waals surface area contributed by atoms with E-state index in [0.29, 0.717) is 27.5 Å². The first-order valence-corrected chi connectivity index (χ1v) is 12.8. The molecule has 3 aromatic carbocycles. The molecular formula is C26H21Br2NO4S. The first kappa shape index (κ1) is 24.6. The molecule has 0 saturated carbocycles. The van der Waals surface area contributed by atoms with E-state index in [2.05, 4.69) is 31.9 Å². The Morgan fingerprint density at radius 2 is 1.65 bits per heavy atom. The first-order valence-electron chi connectivity index (χ1n) is 10.4. The molecule has 4 rings (SSSR count). The number of rotatable bonds is 7. The topological polar surface area (TPSA) is 55.8 Å². The van der Waals surface area contributed by atoms with Crippen LogP contribution < -0.4 is 9.47 Å². The summed E-state index contributed by atoms with van der Waals surface area (Å²) >= 11 is 7.92. The maximum absolute atomic E-state index is 12.9. The van der Waals surface area contributed by atoms with Gasteiger partial charge in [-0.05, 0) is 81.6 Å². The van der Waals surface area contributed by atoms with Crippen LogP contribution in [-0.4, -0.2) is 23.2 Å². The molecule has 1 aliphatic heterocycles. The van der Waals surface area contributed by atoms with Gasteiger partial charge in [-0.1, -0.05) is 57.9 Å². The summed E-state index contributed by atoms with van der Waals surface area (Å²) in [7, 11) is 1.56. The zero-order valence-electron chi connectivity index (χ0n) is 18.5. The van der Waals surface area contributed by atoms with Crippen LogP contribution in [0.15, 0.2) is 74.5 Å². The lowest BCUT2D eigenvalue weighted by Gasteiger charge is -2.14. The summed E-state index contributed by atoms with van der Waals surface area (Å²) in [6.45, 7) is 2.62. The number of halogens is 2. The van der Waals surface area contributed by atoms with Gasteiger partial charge >= 0.3 is 0 Å². The summed E-state index contributed by atoms with van der Waals surface area (Å²) in [5, 5.41) is -0.280. The molecule has 0 spiro atoms. The maximum Gasteiger partial charge on any atom is 0.293 e. The van der Waals surface area contributed by atoms with Crippen molar-refractivity contribution in [3.63, 3.8) is 0 Å². The molecule has 1 heterocycles. The van der Waals surface area contributed by atoms with Crippen LogP contribution in [0.25, 0.3) is 6.08 Å². The molecule has 1 saturated heterocycles. The van der Waals surface area contributed by atoms with Gasteiger partial charge in [-0.25, -0.2) is 0 Å². The molecule has 0 unspecified atom stereocenters. The van der Waals surface area contributed by atoms with Crippen molar-refractivity contribution >= 4 is 60.8 Å². The van der Waals surface area contributed by atoms with Crippen molar-refractivity contribution < 1.29 is 19.1 Å². The van der Waals surface area contributed by atoms with Crippen LogP contribution in [0, 0.1) is 6.92 Å². The Labute approximate surface area is 219 Å². The minimum absolute atomic E-state index is 0.248. The Morgan fingerprint density at radius 3 is 2.32 bits per heavy atom. The Kier molecular flexibility index (Phi) is 7.80.